The molecule has 0 saturated heterocycles. The van der Waals surface area contributed by atoms with Crippen LogP contribution in [0.25, 0.3) is 0 Å². The summed E-state index contributed by atoms with van der Waals surface area (Å²) in [5.74, 6) is 0.922. The van der Waals surface area contributed by atoms with Crippen molar-refractivity contribution in [2.75, 3.05) is 14.2 Å². The van der Waals surface area contributed by atoms with Gasteiger partial charge in [0.2, 0.25) is 5.91 Å². The second kappa shape index (κ2) is 6.75. The first-order chi connectivity index (χ1) is 9.69. The van der Waals surface area contributed by atoms with Crippen molar-refractivity contribution in [3.05, 3.63) is 65.7 Å². The Bertz CT molecular complexity index is 566. The predicted molar refractivity (Wildman–Crippen MR) is 79.6 cm³/mol. The van der Waals surface area contributed by atoms with Crippen molar-refractivity contribution >= 4 is 5.91 Å². The Morgan fingerprint density at radius 3 is 2.45 bits per heavy atom. The number of amides is 1. The molecule has 0 N–H and O–H groups in total. The molecule has 0 fully saturated rings. The predicted octanol–water partition coefficient (Wildman–Crippen LogP) is 2.90. The van der Waals surface area contributed by atoms with E-state index in [9.17, 15) is 4.79 Å². The van der Waals surface area contributed by atoms with Gasteiger partial charge in [-0.2, -0.15) is 0 Å². The Labute approximate surface area is 119 Å². The highest BCUT2D eigenvalue weighted by atomic mass is 16.5. The van der Waals surface area contributed by atoms with Crippen LogP contribution in [0.1, 0.15) is 11.1 Å². The minimum absolute atomic E-state index is 0.110. The maximum Gasteiger partial charge on any atom is 0.227 e. The molecule has 0 heterocycles. The van der Waals surface area contributed by atoms with Gasteiger partial charge in [0.05, 0.1) is 13.5 Å². The van der Waals surface area contributed by atoms with Crippen molar-refractivity contribution in [2.24, 2.45) is 0 Å². The van der Waals surface area contributed by atoms with E-state index in [0.29, 0.717) is 13.0 Å². The standard InChI is InChI=1S/C17H19NO2/c1-18(13-15-9-6-10-16(11-15)20-2)17(19)12-14-7-4-3-5-8-14/h3-11H,12-13H2,1-2H3. The smallest absolute Gasteiger partial charge is 0.227 e. The van der Waals surface area contributed by atoms with Crippen molar-refractivity contribution < 1.29 is 9.53 Å². The van der Waals surface area contributed by atoms with E-state index in [-0.39, 0.29) is 5.91 Å². The average Bonchev–Trinajstić information content (AvgIpc) is 2.48. The molecule has 20 heavy (non-hydrogen) atoms. The number of likely N-dealkylation sites (N-methyl/N-ethyl adjacent to an activating group) is 1. The Kier molecular flexibility index (Phi) is 4.77. The summed E-state index contributed by atoms with van der Waals surface area (Å²) in [4.78, 5) is 13.9. The molecule has 0 aliphatic heterocycles. The first kappa shape index (κ1) is 14.1. The minimum Gasteiger partial charge on any atom is -0.497 e. The number of ether oxygens (including phenoxy) is 1. The maximum absolute atomic E-state index is 12.2. The number of carbonyl (C=O) groups is 1. The zero-order valence-electron chi connectivity index (χ0n) is 11.9. The van der Waals surface area contributed by atoms with Crippen molar-refractivity contribution in [1.82, 2.24) is 4.90 Å². The third-order valence-electron chi connectivity index (χ3n) is 3.18. The third kappa shape index (κ3) is 3.85. The maximum atomic E-state index is 12.2. The molecule has 0 atom stereocenters. The number of nitrogens with zero attached hydrogens (tertiary/aromatic N) is 1. The molecule has 0 radical (unpaired) electrons. The second-order valence-electron chi connectivity index (χ2n) is 4.76. The van der Waals surface area contributed by atoms with Gasteiger partial charge in [-0.25, -0.2) is 0 Å². The summed E-state index contributed by atoms with van der Waals surface area (Å²) in [6.45, 7) is 0.586. The lowest BCUT2D eigenvalue weighted by Crippen LogP contribution is -2.27. The second-order valence-corrected chi connectivity index (χ2v) is 4.76. The largest absolute Gasteiger partial charge is 0.497 e. The normalized spacial score (nSPS) is 10.1. The molecular formula is C17H19NO2. The van der Waals surface area contributed by atoms with Crippen LogP contribution in [0, 0.1) is 0 Å². The van der Waals surface area contributed by atoms with Crippen molar-refractivity contribution in [3.8, 4) is 5.75 Å². The van der Waals surface area contributed by atoms with Gasteiger partial charge in [-0.05, 0) is 23.3 Å². The van der Waals surface area contributed by atoms with Crippen LogP contribution in [0.3, 0.4) is 0 Å². The van der Waals surface area contributed by atoms with E-state index in [0.717, 1.165) is 16.9 Å². The summed E-state index contributed by atoms with van der Waals surface area (Å²) in [6.07, 6.45) is 0.432. The summed E-state index contributed by atoms with van der Waals surface area (Å²) in [5, 5.41) is 0. The molecule has 0 bridgehead atoms. The first-order valence-electron chi connectivity index (χ1n) is 6.60. The van der Waals surface area contributed by atoms with Crippen LogP contribution in [0.5, 0.6) is 5.75 Å². The van der Waals surface area contributed by atoms with E-state index in [1.807, 2.05) is 61.6 Å². The molecule has 0 spiro atoms. The Hall–Kier alpha value is -2.29. The monoisotopic (exact) mass is 269 g/mol. The fourth-order valence-electron chi connectivity index (χ4n) is 2.04. The van der Waals surface area contributed by atoms with Crippen LogP contribution in [0.15, 0.2) is 54.6 Å². The van der Waals surface area contributed by atoms with Gasteiger partial charge >= 0.3 is 0 Å². The first-order valence-corrected chi connectivity index (χ1v) is 6.60. The highest BCUT2D eigenvalue weighted by Crippen LogP contribution is 2.14. The zero-order chi connectivity index (χ0) is 14.4. The van der Waals surface area contributed by atoms with Gasteiger partial charge in [0.15, 0.2) is 0 Å². The Morgan fingerprint density at radius 1 is 1.05 bits per heavy atom. The van der Waals surface area contributed by atoms with Crippen LogP contribution in [-0.4, -0.2) is 25.0 Å². The summed E-state index contributed by atoms with van der Waals surface area (Å²) < 4.78 is 5.19. The van der Waals surface area contributed by atoms with Crippen molar-refractivity contribution in [1.29, 1.82) is 0 Å². The molecule has 104 valence electrons. The third-order valence-corrected chi connectivity index (χ3v) is 3.18. The SMILES string of the molecule is COc1cccc(CN(C)C(=O)Cc2ccccc2)c1. The van der Waals surface area contributed by atoms with Gasteiger partial charge in [-0.15, -0.1) is 0 Å². The van der Waals surface area contributed by atoms with Gasteiger partial charge in [-0.3, -0.25) is 4.79 Å². The Morgan fingerprint density at radius 2 is 1.75 bits per heavy atom. The van der Waals surface area contributed by atoms with E-state index >= 15 is 0 Å². The zero-order valence-corrected chi connectivity index (χ0v) is 11.9. The molecule has 0 aliphatic carbocycles. The highest BCUT2D eigenvalue weighted by molar-refractivity contribution is 5.78. The van der Waals surface area contributed by atoms with Crippen molar-refractivity contribution in [2.45, 2.75) is 13.0 Å². The quantitative estimate of drug-likeness (QED) is 0.835. The number of rotatable bonds is 5. The summed E-state index contributed by atoms with van der Waals surface area (Å²) in [5.41, 5.74) is 2.10. The summed E-state index contributed by atoms with van der Waals surface area (Å²) >= 11 is 0. The minimum atomic E-state index is 0.110. The number of carbonyl (C=O) groups excluding carboxylic acids is 1. The van der Waals surface area contributed by atoms with Crippen LogP contribution in [0.2, 0.25) is 0 Å². The molecule has 3 nitrogen and oxygen atoms in total. The fraction of sp³-hybridized carbons (Fsp3) is 0.235. The molecule has 1 amide bonds. The number of methoxy groups -OCH3 is 1. The molecule has 2 rings (SSSR count). The molecular weight excluding hydrogens is 250 g/mol. The lowest BCUT2D eigenvalue weighted by molar-refractivity contribution is -0.129. The van der Waals surface area contributed by atoms with Crippen LogP contribution in [-0.2, 0) is 17.8 Å². The van der Waals surface area contributed by atoms with Gasteiger partial charge in [-0.1, -0.05) is 42.5 Å². The summed E-state index contributed by atoms with van der Waals surface area (Å²) in [6, 6.07) is 17.6. The van der Waals surface area contributed by atoms with Gasteiger partial charge in [0.1, 0.15) is 5.75 Å². The molecule has 0 aliphatic rings. The molecule has 2 aromatic carbocycles. The number of benzene rings is 2. The molecule has 2 aromatic rings. The topological polar surface area (TPSA) is 29.5 Å². The van der Waals surface area contributed by atoms with E-state index in [1.165, 1.54) is 0 Å². The molecule has 0 saturated carbocycles. The van der Waals surface area contributed by atoms with Crippen LogP contribution >= 0.6 is 0 Å². The summed E-state index contributed by atoms with van der Waals surface area (Å²) in [7, 11) is 3.47. The fourth-order valence-corrected chi connectivity index (χ4v) is 2.04. The number of hydrogen-bond acceptors (Lipinski definition) is 2. The lowest BCUT2D eigenvalue weighted by Gasteiger charge is -2.17. The Balaban J connectivity index is 1.97. The van der Waals surface area contributed by atoms with Crippen LogP contribution < -0.4 is 4.74 Å². The number of hydrogen-bond donors (Lipinski definition) is 0. The van der Waals surface area contributed by atoms with E-state index in [1.54, 1.807) is 12.0 Å². The van der Waals surface area contributed by atoms with Gasteiger partial charge < -0.3 is 9.64 Å². The average molecular weight is 269 g/mol. The van der Waals surface area contributed by atoms with Gasteiger partial charge in [0, 0.05) is 13.6 Å². The molecule has 3 heteroatoms. The van der Waals surface area contributed by atoms with E-state index in [4.69, 9.17) is 4.74 Å². The van der Waals surface area contributed by atoms with Gasteiger partial charge in [0.25, 0.3) is 0 Å². The van der Waals surface area contributed by atoms with E-state index < -0.39 is 0 Å². The highest BCUT2D eigenvalue weighted by Gasteiger charge is 2.10. The molecule has 0 unspecified atom stereocenters. The van der Waals surface area contributed by atoms with Crippen LogP contribution in [0.4, 0.5) is 0 Å². The lowest BCUT2D eigenvalue weighted by atomic mass is 10.1. The van der Waals surface area contributed by atoms with E-state index in [2.05, 4.69) is 0 Å². The van der Waals surface area contributed by atoms with Crippen molar-refractivity contribution in [3.63, 3.8) is 0 Å². The molecule has 0 aromatic heterocycles.